The molecule has 1 saturated heterocycles. The second-order valence-corrected chi connectivity index (χ2v) is 5.54. The molecule has 0 aromatic heterocycles. The number of halogens is 4. The molecule has 23 heavy (non-hydrogen) atoms. The van der Waals surface area contributed by atoms with Crippen LogP contribution in [0, 0.1) is 12.7 Å². The predicted octanol–water partition coefficient (Wildman–Crippen LogP) is 2.91. The van der Waals surface area contributed by atoms with Gasteiger partial charge in [0.05, 0.1) is 0 Å². The Kier molecular flexibility index (Phi) is 6.37. The molecule has 1 aromatic carbocycles. The third-order valence-corrected chi connectivity index (χ3v) is 3.54. The highest BCUT2D eigenvalue weighted by molar-refractivity contribution is 5.73. The van der Waals surface area contributed by atoms with Gasteiger partial charge in [0.2, 0.25) is 0 Å². The number of alkyl halides is 3. The van der Waals surface area contributed by atoms with Gasteiger partial charge in [0.15, 0.2) is 0 Å². The molecular formula is C15H20F4N2O2. The van der Waals surface area contributed by atoms with Crippen LogP contribution >= 0.6 is 0 Å². The Morgan fingerprint density at radius 1 is 1.30 bits per heavy atom. The number of rotatable bonds is 1. The van der Waals surface area contributed by atoms with Crippen molar-refractivity contribution in [1.29, 1.82) is 0 Å². The molecule has 1 N–H and O–H groups in total. The number of hydrogen-bond donors (Lipinski definition) is 1. The van der Waals surface area contributed by atoms with Gasteiger partial charge in [0.1, 0.15) is 5.82 Å². The maximum atomic E-state index is 13.0. The summed E-state index contributed by atoms with van der Waals surface area (Å²) in [6.45, 7) is 7.35. The largest absolute Gasteiger partial charge is 0.490 e. The minimum Gasteiger partial charge on any atom is -0.475 e. The van der Waals surface area contributed by atoms with Gasteiger partial charge < -0.3 is 14.9 Å². The van der Waals surface area contributed by atoms with Crippen LogP contribution in [0.4, 0.5) is 23.2 Å². The summed E-state index contributed by atoms with van der Waals surface area (Å²) in [6.07, 6.45) is -5.08. The summed E-state index contributed by atoms with van der Waals surface area (Å²) in [4.78, 5) is 13.6. The van der Waals surface area contributed by atoms with Gasteiger partial charge in [-0.25, -0.2) is 9.18 Å². The molecule has 2 rings (SSSR count). The molecule has 0 spiro atoms. The summed E-state index contributed by atoms with van der Waals surface area (Å²) in [5.41, 5.74) is 2.19. The highest BCUT2D eigenvalue weighted by atomic mass is 19.4. The van der Waals surface area contributed by atoms with E-state index in [1.807, 2.05) is 13.0 Å². The topological polar surface area (TPSA) is 43.8 Å². The van der Waals surface area contributed by atoms with Crippen LogP contribution in [0.25, 0.3) is 0 Å². The first-order valence-corrected chi connectivity index (χ1v) is 7.03. The van der Waals surface area contributed by atoms with Gasteiger partial charge in [-0.3, -0.25) is 0 Å². The molecule has 1 fully saturated rings. The van der Waals surface area contributed by atoms with E-state index in [9.17, 15) is 17.6 Å². The van der Waals surface area contributed by atoms with Crippen molar-refractivity contribution < 1.29 is 27.5 Å². The van der Waals surface area contributed by atoms with Crippen LogP contribution in [0.3, 0.4) is 0 Å². The molecule has 0 saturated carbocycles. The number of carboxylic acids is 1. The minimum atomic E-state index is -5.08. The molecule has 4 nitrogen and oxygen atoms in total. The lowest BCUT2D eigenvalue weighted by Crippen LogP contribution is -2.50. The standard InChI is InChI=1S/C13H19FN2.C2HF3O2/c1-10-8-12(14)4-5-13(10)16-7-6-15(3)9-11(16)2;3-2(4,5)1(6)7/h4-5,8,11H,6-7,9H2,1-3H3;(H,6,7)/t11-;/m0./s1. The predicted molar refractivity (Wildman–Crippen MR) is 79.1 cm³/mol. The first kappa shape index (κ1) is 19.2. The van der Waals surface area contributed by atoms with Gasteiger partial charge in [0.25, 0.3) is 0 Å². The van der Waals surface area contributed by atoms with Crippen molar-refractivity contribution in [3.63, 3.8) is 0 Å². The Morgan fingerprint density at radius 3 is 2.30 bits per heavy atom. The Morgan fingerprint density at radius 2 is 1.87 bits per heavy atom. The van der Waals surface area contributed by atoms with E-state index < -0.39 is 12.1 Å². The van der Waals surface area contributed by atoms with Gasteiger partial charge in [-0.1, -0.05) is 0 Å². The van der Waals surface area contributed by atoms with Crippen LogP contribution in [-0.4, -0.2) is 54.9 Å². The number of benzene rings is 1. The zero-order valence-electron chi connectivity index (χ0n) is 13.2. The Hall–Kier alpha value is -1.83. The van der Waals surface area contributed by atoms with E-state index in [-0.39, 0.29) is 5.82 Å². The smallest absolute Gasteiger partial charge is 0.475 e. The van der Waals surface area contributed by atoms with Crippen LogP contribution in [0.15, 0.2) is 18.2 Å². The van der Waals surface area contributed by atoms with Gasteiger partial charge in [-0.15, -0.1) is 0 Å². The van der Waals surface area contributed by atoms with E-state index in [1.54, 1.807) is 12.1 Å². The van der Waals surface area contributed by atoms with E-state index >= 15 is 0 Å². The van der Waals surface area contributed by atoms with Gasteiger partial charge >= 0.3 is 12.1 Å². The Balaban J connectivity index is 0.000000322. The molecule has 130 valence electrons. The van der Waals surface area contributed by atoms with Crippen molar-refractivity contribution in [3.05, 3.63) is 29.6 Å². The number of piperazine rings is 1. The van der Waals surface area contributed by atoms with E-state index in [2.05, 4.69) is 23.8 Å². The highest BCUT2D eigenvalue weighted by Gasteiger charge is 2.38. The molecule has 1 aliphatic heterocycles. The monoisotopic (exact) mass is 336 g/mol. The second kappa shape index (κ2) is 7.63. The fourth-order valence-corrected chi connectivity index (χ4v) is 2.44. The molecule has 1 atom stereocenters. The van der Waals surface area contributed by atoms with E-state index in [0.717, 1.165) is 25.2 Å². The zero-order chi connectivity index (χ0) is 17.8. The molecule has 0 bridgehead atoms. The molecule has 0 radical (unpaired) electrons. The lowest BCUT2D eigenvalue weighted by atomic mass is 10.1. The van der Waals surface area contributed by atoms with Crippen molar-refractivity contribution in [1.82, 2.24) is 4.90 Å². The van der Waals surface area contributed by atoms with E-state index in [0.29, 0.717) is 6.04 Å². The molecule has 1 heterocycles. The lowest BCUT2D eigenvalue weighted by Gasteiger charge is -2.40. The van der Waals surface area contributed by atoms with Crippen LogP contribution in [0.2, 0.25) is 0 Å². The molecule has 0 aliphatic carbocycles. The average Bonchev–Trinajstić information content (AvgIpc) is 2.39. The first-order valence-electron chi connectivity index (χ1n) is 7.03. The number of nitrogens with zero attached hydrogens (tertiary/aromatic N) is 2. The number of aliphatic carboxylic acids is 1. The van der Waals surface area contributed by atoms with E-state index in [1.165, 1.54) is 5.69 Å². The summed E-state index contributed by atoms with van der Waals surface area (Å²) in [6, 6.07) is 5.54. The highest BCUT2D eigenvalue weighted by Crippen LogP contribution is 2.24. The number of carbonyl (C=O) groups is 1. The van der Waals surface area contributed by atoms with Gasteiger partial charge in [-0.05, 0) is 44.7 Å². The van der Waals surface area contributed by atoms with Crippen molar-refractivity contribution in [2.24, 2.45) is 0 Å². The van der Waals surface area contributed by atoms with Crippen LogP contribution < -0.4 is 4.90 Å². The van der Waals surface area contributed by atoms with Crippen molar-refractivity contribution in [2.45, 2.75) is 26.1 Å². The molecular weight excluding hydrogens is 316 g/mol. The lowest BCUT2D eigenvalue weighted by molar-refractivity contribution is -0.192. The quantitative estimate of drug-likeness (QED) is 0.801. The third kappa shape index (κ3) is 5.70. The normalized spacial score (nSPS) is 19.1. The van der Waals surface area contributed by atoms with Gasteiger partial charge in [-0.2, -0.15) is 13.2 Å². The van der Waals surface area contributed by atoms with Crippen molar-refractivity contribution in [2.75, 3.05) is 31.6 Å². The number of likely N-dealkylation sites (N-methyl/N-ethyl adjacent to an activating group) is 1. The molecule has 1 aliphatic rings. The number of anilines is 1. The summed E-state index contributed by atoms with van der Waals surface area (Å²) < 4.78 is 44.8. The summed E-state index contributed by atoms with van der Waals surface area (Å²) in [5, 5.41) is 7.12. The molecule has 8 heteroatoms. The third-order valence-electron chi connectivity index (χ3n) is 3.54. The number of hydrogen-bond acceptors (Lipinski definition) is 3. The first-order chi connectivity index (χ1) is 10.5. The zero-order valence-corrected chi connectivity index (χ0v) is 13.2. The summed E-state index contributed by atoms with van der Waals surface area (Å²) in [7, 11) is 2.14. The second-order valence-electron chi connectivity index (χ2n) is 5.54. The maximum absolute atomic E-state index is 13.0. The van der Waals surface area contributed by atoms with Crippen LogP contribution in [0.5, 0.6) is 0 Å². The van der Waals surface area contributed by atoms with Crippen molar-refractivity contribution >= 4 is 11.7 Å². The SMILES string of the molecule is Cc1cc(F)ccc1N1CCN(C)C[C@@H]1C.O=C(O)C(F)(F)F. The summed E-state index contributed by atoms with van der Waals surface area (Å²) in [5.74, 6) is -2.91. The number of aryl methyl sites for hydroxylation is 1. The minimum absolute atomic E-state index is 0.150. The van der Waals surface area contributed by atoms with Gasteiger partial charge in [0, 0.05) is 31.4 Å². The fraction of sp³-hybridized carbons (Fsp3) is 0.533. The van der Waals surface area contributed by atoms with Crippen LogP contribution in [0.1, 0.15) is 12.5 Å². The number of carboxylic acid groups (broad SMARTS) is 1. The van der Waals surface area contributed by atoms with Crippen molar-refractivity contribution in [3.8, 4) is 0 Å². The molecule has 1 aromatic rings. The fourth-order valence-electron chi connectivity index (χ4n) is 2.44. The molecule has 0 amide bonds. The Bertz CT molecular complexity index is 549. The van der Waals surface area contributed by atoms with Crippen LogP contribution in [-0.2, 0) is 4.79 Å². The maximum Gasteiger partial charge on any atom is 0.490 e. The summed E-state index contributed by atoms with van der Waals surface area (Å²) >= 11 is 0. The Labute approximate surface area is 132 Å². The molecule has 0 unspecified atom stereocenters. The van der Waals surface area contributed by atoms with E-state index in [4.69, 9.17) is 9.90 Å². The average molecular weight is 336 g/mol.